The number of aromatic hydroxyl groups is 1. The first-order valence-corrected chi connectivity index (χ1v) is 6.86. The van der Waals surface area contributed by atoms with Gasteiger partial charge < -0.3 is 5.11 Å². The molecular formula is C17H19NO. The monoisotopic (exact) mass is 253 g/mol. The minimum atomic E-state index is 0.358. The number of rotatable bonds is 3. The summed E-state index contributed by atoms with van der Waals surface area (Å²) in [6.45, 7) is 3.17. The van der Waals surface area contributed by atoms with Crippen LogP contribution in [0, 0.1) is 0 Å². The molecule has 2 heteroatoms. The van der Waals surface area contributed by atoms with Crippen molar-refractivity contribution >= 4 is 0 Å². The van der Waals surface area contributed by atoms with Crippen LogP contribution in [0.2, 0.25) is 0 Å². The van der Waals surface area contributed by atoms with Gasteiger partial charge in [0.25, 0.3) is 0 Å². The molecule has 0 bridgehead atoms. The highest BCUT2D eigenvalue weighted by molar-refractivity contribution is 5.27. The minimum Gasteiger partial charge on any atom is -0.508 e. The Balaban J connectivity index is 1.63. The summed E-state index contributed by atoms with van der Waals surface area (Å²) in [6, 6.07) is 18.3. The molecule has 0 aliphatic carbocycles. The van der Waals surface area contributed by atoms with Crippen molar-refractivity contribution in [2.75, 3.05) is 13.1 Å². The first-order chi connectivity index (χ1) is 9.31. The summed E-state index contributed by atoms with van der Waals surface area (Å²) in [6.07, 6.45) is 1.23. The van der Waals surface area contributed by atoms with Crippen molar-refractivity contribution in [1.82, 2.24) is 4.90 Å². The van der Waals surface area contributed by atoms with E-state index in [0.29, 0.717) is 11.7 Å². The Morgan fingerprint density at radius 2 is 1.89 bits per heavy atom. The molecular weight excluding hydrogens is 234 g/mol. The lowest BCUT2D eigenvalue weighted by atomic mass is 9.99. The molecule has 3 rings (SSSR count). The molecule has 1 aliphatic heterocycles. The van der Waals surface area contributed by atoms with Gasteiger partial charge in [0.2, 0.25) is 0 Å². The molecule has 2 aromatic carbocycles. The van der Waals surface area contributed by atoms with Crippen molar-refractivity contribution in [1.29, 1.82) is 0 Å². The zero-order valence-electron chi connectivity index (χ0n) is 11.0. The number of hydrogen-bond donors (Lipinski definition) is 1. The van der Waals surface area contributed by atoms with Crippen LogP contribution in [-0.2, 0) is 6.54 Å². The van der Waals surface area contributed by atoms with Crippen molar-refractivity contribution in [2.45, 2.75) is 18.9 Å². The van der Waals surface area contributed by atoms with Crippen LogP contribution in [-0.4, -0.2) is 23.1 Å². The van der Waals surface area contributed by atoms with Crippen LogP contribution in [0.25, 0.3) is 0 Å². The predicted octanol–water partition coefficient (Wildman–Crippen LogP) is 3.38. The molecule has 0 radical (unpaired) electrons. The minimum absolute atomic E-state index is 0.358. The SMILES string of the molecule is Oc1cccc(CN2CCC(c3ccccc3)C2)c1. The molecule has 2 aromatic rings. The molecule has 1 saturated heterocycles. The largest absolute Gasteiger partial charge is 0.508 e. The van der Waals surface area contributed by atoms with Crippen LogP contribution in [0.15, 0.2) is 54.6 Å². The highest BCUT2D eigenvalue weighted by atomic mass is 16.3. The standard InChI is InChI=1S/C17H19NO/c19-17-8-4-5-14(11-17)12-18-10-9-16(13-18)15-6-2-1-3-7-15/h1-8,11,16,19H,9-10,12-13H2. The molecule has 1 atom stereocenters. The molecule has 1 aliphatic rings. The summed E-state index contributed by atoms with van der Waals surface area (Å²) in [4.78, 5) is 2.46. The van der Waals surface area contributed by atoms with E-state index in [1.807, 2.05) is 12.1 Å². The van der Waals surface area contributed by atoms with Gasteiger partial charge in [0.05, 0.1) is 0 Å². The van der Waals surface area contributed by atoms with E-state index in [4.69, 9.17) is 0 Å². The molecule has 98 valence electrons. The molecule has 0 aromatic heterocycles. The molecule has 19 heavy (non-hydrogen) atoms. The Hall–Kier alpha value is -1.80. The van der Waals surface area contributed by atoms with E-state index < -0.39 is 0 Å². The lowest BCUT2D eigenvalue weighted by molar-refractivity contribution is 0.326. The van der Waals surface area contributed by atoms with Gasteiger partial charge in [-0.1, -0.05) is 42.5 Å². The second-order valence-electron chi connectivity index (χ2n) is 5.30. The van der Waals surface area contributed by atoms with Gasteiger partial charge in [-0.2, -0.15) is 0 Å². The summed E-state index contributed by atoms with van der Waals surface area (Å²) in [7, 11) is 0. The fourth-order valence-electron chi connectivity index (χ4n) is 2.89. The van der Waals surface area contributed by atoms with Crippen LogP contribution in [0.4, 0.5) is 0 Å². The zero-order chi connectivity index (χ0) is 13.1. The van der Waals surface area contributed by atoms with Crippen LogP contribution >= 0.6 is 0 Å². The van der Waals surface area contributed by atoms with Gasteiger partial charge >= 0.3 is 0 Å². The van der Waals surface area contributed by atoms with Crippen molar-refractivity contribution in [3.63, 3.8) is 0 Å². The van der Waals surface area contributed by atoms with E-state index in [1.165, 1.54) is 17.5 Å². The van der Waals surface area contributed by atoms with Crippen LogP contribution in [0.5, 0.6) is 5.75 Å². The molecule has 1 heterocycles. The van der Waals surface area contributed by atoms with Crippen molar-refractivity contribution in [2.24, 2.45) is 0 Å². The normalized spacial score (nSPS) is 19.7. The fourth-order valence-corrected chi connectivity index (χ4v) is 2.89. The summed E-state index contributed by atoms with van der Waals surface area (Å²) < 4.78 is 0. The summed E-state index contributed by atoms with van der Waals surface area (Å²) in [5.74, 6) is 1.01. The van der Waals surface area contributed by atoms with E-state index in [9.17, 15) is 5.11 Å². The maximum atomic E-state index is 9.50. The number of likely N-dealkylation sites (tertiary alicyclic amines) is 1. The number of nitrogens with zero attached hydrogens (tertiary/aromatic N) is 1. The third kappa shape index (κ3) is 2.96. The second kappa shape index (κ2) is 5.45. The van der Waals surface area contributed by atoms with E-state index in [-0.39, 0.29) is 0 Å². The van der Waals surface area contributed by atoms with Gasteiger partial charge in [-0.15, -0.1) is 0 Å². The average Bonchev–Trinajstić information content (AvgIpc) is 2.88. The molecule has 1 unspecified atom stereocenters. The maximum absolute atomic E-state index is 9.50. The van der Waals surface area contributed by atoms with Gasteiger partial charge in [0, 0.05) is 13.1 Å². The van der Waals surface area contributed by atoms with Gasteiger partial charge in [0.15, 0.2) is 0 Å². The second-order valence-corrected chi connectivity index (χ2v) is 5.30. The van der Waals surface area contributed by atoms with Crippen molar-refractivity contribution in [3.05, 3.63) is 65.7 Å². The van der Waals surface area contributed by atoms with Gasteiger partial charge in [-0.25, -0.2) is 0 Å². The first kappa shape index (κ1) is 12.2. The Morgan fingerprint density at radius 1 is 1.05 bits per heavy atom. The summed E-state index contributed by atoms with van der Waals surface area (Å²) in [5.41, 5.74) is 2.63. The Morgan fingerprint density at radius 3 is 2.68 bits per heavy atom. The summed E-state index contributed by atoms with van der Waals surface area (Å²) >= 11 is 0. The maximum Gasteiger partial charge on any atom is 0.115 e. The Bertz CT molecular complexity index is 538. The topological polar surface area (TPSA) is 23.5 Å². The molecule has 1 fully saturated rings. The lowest BCUT2D eigenvalue weighted by Gasteiger charge is -2.16. The zero-order valence-corrected chi connectivity index (χ0v) is 11.0. The third-order valence-electron chi connectivity index (χ3n) is 3.86. The van der Waals surface area contributed by atoms with Crippen LogP contribution in [0.3, 0.4) is 0 Å². The highest BCUT2D eigenvalue weighted by Crippen LogP contribution is 2.28. The molecule has 0 amide bonds. The predicted molar refractivity (Wildman–Crippen MR) is 77.2 cm³/mol. The number of phenols is 1. The lowest BCUT2D eigenvalue weighted by Crippen LogP contribution is -2.19. The number of benzene rings is 2. The van der Waals surface area contributed by atoms with Gasteiger partial charge in [-0.3, -0.25) is 4.90 Å². The quantitative estimate of drug-likeness (QED) is 0.906. The van der Waals surface area contributed by atoms with Crippen LogP contribution < -0.4 is 0 Å². The van der Waals surface area contributed by atoms with E-state index in [0.717, 1.165) is 19.6 Å². The molecule has 1 N–H and O–H groups in total. The van der Waals surface area contributed by atoms with Gasteiger partial charge in [0.1, 0.15) is 5.75 Å². The Kier molecular flexibility index (Phi) is 3.51. The van der Waals surface area contributed by atoms with E-state index in [1.54, 1.807) is 6.07 Å². The average molecular weight is 253 g/mol. The highest BCUT2D eigenvalue weighted by Gasteiger charge is 2.23. The molecule has 0 spiro atoms. The van der Waals surface area contributed by atoms with Crippen molar-refractivity contribution in [3.8, 4) is 5.75 Å². The van der Waals surface area contributed by atoms with Crippen LogP contribution in [0.1, 0.15) is 23.5 Å². The van der Waals surface area contributed by atoms with E-state index in [2.05, 4.69) is 41.3 Å². The fraction of sp³-hybridized carbons (Fsp3) is 0.294. The number of hydrogen-bond acceptors (Lipinski definition) is 2. The first-order valence-electron chi connectivity index (χ1n) is 6.86. The van der Waals surface area contributed by atoms with Crippen molar-refractivity contribution < 1.29 is 5.11 Å². The van der Waals surface area contributed by atoms with Gasteiger partial charge in [-0.05, 0) is 42.1 Å². The number of phenolic OH excluding ortho intramolecular Hbond substituents is 1. The Labute approximate surface area is 114 Å². The summed E-state index contributed by atoms with van der Waals surface area (Å²) in [5, 5.41) is 9.50. The smallest absolute Gasteiger partial charge is 0.115 e. The molecule has 0 saturated carbocycles. The molecule has 2 nitrogen and oxygen atoms in total. The van der Waals surface area contributed by atoms with E-state index >= 15 is 0 Å². The third-order valence-corrected chi connectivity index (χ3v) is 3.86.